The fourth-order valence-corrected chi connectivity index (χ4v) is 2.46. The van der Waals surface area contributed by atoms with E-state index in [0.717, 1.165) is 37.4 Å². The molecule has 0 aromatic heterocycles. The Morgan fingerprint density at radius 3 is 2.60 bits per heavy atom. The maximum atomic E-state index is 11.8. The van der Waals surface area contributed by atoms with E-state index < -0.39 is 0 Å². The summed E-state index contributed by atoms with van der Waals surface area (Å²) in [5.41, 5.74) is 1.00. The van der Waals surface area contributed by atoms with Gasteiger partial charge >= 0.3 is 0 Å². The molecule has 1 aliphatic rings. The fourth-order valence-electron chi connectivity index (χ4n) is 2.17. The van der Waals surface area contributed by atoms with Crippen LogP contribution in [0, 0.1) is 5.92 Å². The SMILES string of the molecule is CC1CCN(C(=S)NC(=O)C=Cc2ccccc2)CC1. The average Bonchev–Trinajstić information content (AvgIpc) is 2.47. The van der Waals surface area contributed by atoms with E-state index in [1.807, 2.05) is 30.3 Å². The Bertz CT molecular complexity index is 490. The van der Waals surface area contributed by atoms with Crippen molar-refractivity contribution in [1.29, 1.82) is 0 Å². The van der Waals surface area contributed by atoms with Crippen LogP contribution in [0.15, 0.2) is 36.4 Å². The molecule has 1 aromatic carbocycles. The summed E-state index contributed by atoms with van der Waals surface area (Å²) in [7, 11) is 0. The summed E-state index contributed by atoms with van der Waals surface area (Å²) in [5.74, 6) is 0.584. The van der Waals surface area contributed by atoms with E-state index in [4.69, 9.17) is 12.2 Å². The number of nitrogens with zero attached hydrogens (tertiary/aromatic N) is 1. The van der Waals surface area contributed by atoms with E-state index in [9.17, 15) is 4.79 Å². The Morgan fingerprint density at radius 1 is 1.30 bits per heavy atom. The number of hydrogen-bond acceptors (Lipinski definition) is 2. The van der Waals surface area contributed by atoms with Gasteiger partial charge in [-0.05, 0) is 42.6 Å². The highest BCUT2D eigenvalue weighted by Crippen LogP contribution is 2.15. The zero-order valence-corrected chi connectivity index (χ0v) is 12.5. The van der Waals surface area contributed by atoms with Crippen molar-refractivity contribution in [2.45, 2.75) is 19.8 Å². The van der Waals surface area contributed by atoms with Gasteiger partial charge in [-0.2, -0.15) is 0 Å². The van der Waals surface area contributed by atoms with E-state index in [2.05, 4.69) is 17.1 Å². The van der Waals surface area contributed by atoms with Crippen molar-refractivity contribution in [2.24, 2.45) is 5.92 Å². The van der Waals surface area contributed by atoms with Crippen molar-refractivity contribution in [1.82, 2.24) is 10.2 Å². The fraction of sp³-hybridized carbons (Fsp3) is 0.375. The summed E-state index contributed by atoms with van der Waals surface area (Å²) in [5, 5.41) is 3.31. The van der Waals surface area contributed by atoms with Gasteiger partial charge in [0.25, 0.3) is 0 Å². The van der Waals surface area contributed by atoms with E-state index in [1.165, 1.54) is 6.08 Å². The van der Waals surface area contributed by atoms with Crippen molar-refractivity contribution in [3.8, 4) is 0 Å². The van der Waals surface area contributed by atoms with Crippen LogP contribution in [0.1, 0.15) is 25.3 Å². The average molecular weight is 288 g/mol. The van der Waals surface area contributed by atoms with Crippen molar-refractivity contribution >= 4 is 29.3 Å². The van der Waals surface area contributed by atoms with Crippen LogP contribution in [0.5, 0.6) is 0 Å². The predicted molar refractivity (Wildman–Crippen MR) is 86.2 cm³/mol. The van der Waals surface area contributed by atoms with Gasteiger partial charge in [-0.3, -0.25) is 10.1 Å². The number of rotatable bonds is 2. The molecule has 4 heteroatoms. The topological polar surface area (TPSA) is 32.3 Å². The number of likely N-dealkylation sites (tertiary alicyclic amines) is 1. The summed E-state index contributed by atoms with van der Waals surface area (Å²) >= 11 is 5.28. The molecule has 1 heterocycles. The third-order valence-corrected chi connectivity index (χ3v) is 3.89. The molecule has 0 radical (unpaired) electrons. The van der Waals surface area contributed by atoms with Crippen molar-refractivity contribution in [2.75, 3.05) is 13.1 Å². The van der Waals surface area contributed by atoms with Crippen molar-refractivity contribution in [3.63, 3.8) is 0 Å². The lowest BCUT2D eigenvalue weighted by atomic mass is 10.00. The molecule has 0 aliphatic carbocycles. The molecule has 2 rings (SSSR count). The monoisotopic (exact) mass is 288 g/mol. The summed E-state index contributed by atoms with van der Waals surface area (Å²) in [6.07, 6.45) is 5.58. The second-order valence-electron chi connectivity index (χ2n) is 5.21. The van der Waals surface area contributed by atoms with Gasteiger partial charge in [0, 0.05) is 19.2 Å². The smallest absolute Gasteiger partial charge is 0.250 e. The van der Waals surface area contributed by atoms with E-state index >= 15 is 0 Å². The number of hydrogen-bond donors (Lipinski definition) is 1. The molecule has 1 N–H and O–H groups in total. The largest absolute Gasteiger partial charge is 0.349 e. The molecule has 1 aliphatic heterocycles. The number of nitrogens with one attached hydrogen (secondary N) is 1. The Hall–Kier alpha value is -1.68. The number of thiocarbonyl (C=S) groups is 1. The Morgan fingerprint density at radius 2 is 1.95 bits per heavy atom. The quantitative estimate of drug-likeness (QED) is 0.671. The summed E-state index contributed by atoms with van der Waals surface area (Å²) in [6, 6.07) is 9.74. The molecule has 1 aromatic rings. The lowest BCUT2D eigenvalue weighted by Crippen LogP contribution is -2.45. The second kappa shape index (κ2) is 7.20. The maximum absolute atomic E-state index is 11.8. The molecule has 0 saturated carbocycles. The number of amides is 1. The van der Waals surface area contributed by atoms with Crippen LogP contribution < -0.4 is 5.32 Å². The van der Waals surface area contributed by atoms with Gasteiger partial charge in [-0.15, -0.1) is 0 Å². The zero-order valence-electron chi connectivity index (χ0n) is 11.7. The third-order valence-electron chi connectivity index (χ3n) is 3.53. The van der Waals surface area contributed by atoms with Crippen LogP contribution in [-0.2, 0) is 4.79 Å². The van der Waals surface area contributed by atoms with Crippen LogP contribution in [-0.4, -0.2) is 29.0 Å². The molecule has 106 valence electrons. The Balaban J connectivity index is 1.82. The van der Waals surface area contributed by atoms with Gasteiger partial charge in [-0.25, -0.2) is 0 Å². The molecule has 3 nitrogen and oxygen atoms in total. The summed E-state index contributed by atoms with van der Waals surface area (Å²) < 4.78 is 0. The van der Waals surface area contributed by atoms with Gasteiger partial charge in [0.05, 0.1) is 0 Å². The van der Waals surface area contributed by atoms with E-state index in [-0.39, 0.29) is 5.91 Å². The second-order valence-corrected chi connectivity index (χ2v) is 5.59. The summed E-state index contributed by atoms with van der Waals surface area (Å²) in [6.45, 7) is 4.12. The van der Waals surface area contributed by atoms with Gasteiger partial charge in [0.1, 0.15) is 0 Å². The van der Waals surface area contributed by atoms with Crippen LogP contribution in [0.4, 0.5) is 0 Å². The van der Waals surface area contributed by atoms with Crippen LogP contribution in [0.3, 0.4) is 0 Å². The van der Waals surface area contributed by atoms with Gasteiger partial charge < -0.3 is 4.90 Å². The molecule has 0 spiro atoms. The number of piperidine rings is 1. The molecule has 1 fully saturated rings. The number of carbonyl (C=O) groups is 1. The Kier molecular flexibility index (Phi) is 5.30. The lowest BCUT2D eigenvalue weighted by molar-refractivity contribution is -0.115. The van der Waals surface area contributed by atoms with Crippen LogP contribution in [0.25, 0.3) is 6.08 Å². The molecular weight excluding hydrogens is 268 g/mol. The van der Waals surface area contributed by atoms with Crippen molar-refractivity contribution in [3.05, 3.63) is 42.0 Å². The number of carbonyl (C=O) groups excluding carboxylic acids is 1. The molecule has 1 saturated heterocycles. The molecular formula is C16H20N2OS. The minimum absolute atomic E-state index is 0.169. The molecule has 0 bridgehead atoms. The first kappa shape index (κ1) is 14.7. The highest BCUT2D eigenvalue weighted by molar-refractivity contribution is 7.80. The third kappa shape index (κ3) is 4.46. The molecule has 20 heavy (non-hydrogen) atoms. The highest BCUT2D eigenvalue weighted by atomic mass is 32.1. The van der Waals surface area contributed by atoms with Crippen LogP contribution >= 0.6 is 12.2 Å². The van der Waals surface area contributed by atoms with E-state index in [1.54, 1.807) is 6.08 Å². The van der Waals surface area contributed by atoms with Crippen molar-refractivity contribution < 1.29 is 4.79 Å². The lowest BCUT2D eigenvalue weighted by Gasteiger charge is -2.31. The van der Waals surface area contributed by atoms with Gasteiger partial charge in [0.2, 0.25) is 5.91 Å². The normalized spacial score (nSPS) is 16.4. The number of benzene rings is 1. The minimum atomic E-state index is -0.169. The summed E-state index contributed by atoms with van der Waals surface area (Å²) in [4.78, 5) is 13.9. The first-order valence-electron chi connectivity index (χ1n) is 6.98. The molecule has 0 atom stereocenters. The standard InChI is InChI=1S/C16H20N2OS/c1-13-9-11-18(12-10-13)16(20)17-15(19)8-7-14-5-3-2-4-6-14/h2-8,13H,9-12H2,1H3,(H,17,19,20). The first-order chi connectivity index (χ1) is 9.65. The van der Waals surface area contributed by atoms with Crippen LogP contribution in [0.2, 0.25) is 0 Å². The maximum Gasteiger partial charge on any atom is 0.250 e. The molecule has 1 amide bonds. The van der Waals surface area contributed by atoms with Gasteiger partial charge in [-0.1, -0.05) is 37.3 Å². The predicted octanol–water partition coefficient (Wildman–Crippen LogP) is 2.83. The molecule has 0 unspecified atom stereocenters. The zero-order chi connectivity index (χ0) is 14.4. The van der Waals surface area contributed by atoms with E-state index in [0.29, 0.717) is 5.11 Å². The van der Waals surface area contributed by atoms with Gasteiger partial charge in [0.15, 0.2) is 5.11 Å². The first-order valence-corrected chi connectivity index (χ1v) is 7.39. The highest BCUT2D eigenvalue weighted by Gasteiger charge is 2.18. The Labute approximate surface area is 125 Å². The minimum Gasteiger partial charge on any atom is -0.349 e.